The molecule has 1 fully saturated rings. The lowest BCUT2D eigenvalue weighted by atomic mass is 10.1. The Morgan fingerprint density at radius 2 is 2.06 bits per heavy atom. The summed E-state index contributed by atoms with van der Waals surface area (Å²) in [6.45, 7) is 0.713. The fourth-order valence-corrected chi connectivity index (χ4v) is 2.60. The third-order valence-electron chi connectivity index (χ3n) is 3.42. The number of nitrogens with zero attached hydrogens (tertiary/aromatic N) is 2. The molecule has 4 heteroatoms. The Kier molecular flexibility index (Phi) is 4.34. The van der Waals surface area contributed by atoms with E-state index in [1.165, 1.54) is 12.8 Å². The molecule has 2 N–H and O–H groups in total. The fourth-order valence-electron chi connectivity index (χ4n) is 2.60. The van der Waals surface area contributed by atoms with Gasteiger partial charge in [0, 0.05) is 24.3 Å². The van der Waals surface area contributed by atoms with Crippen LogP contribution in [0.25, 0.3) is 0 Å². The van der Waals surface area contributed by atoms with Gasteiger partial charge in [-0.05, 0) is 18.9 Å². The number of aliphatic hydroxyl groups excluding tert-OH is 2. The molecule has 4 nitrogen and oxygen atoms in total. The third kappa shape index (κ3) is 2.76. The fraction of sp³-hybridized carbons (Fsp3) is 0.615. The standard InChI is InChI=1S/C13H20N2O2/c16-9-8-15(12-5-1-2-6-12)13-11(10-17)4-3-7-14-13/h3-4,7,12,16-17H,1-2,5-6,8-10H2. The highest BCUT2D eigenvalue weighted by atomic mass is 16.3. The summed E-state index contributed by atoms with van der Waals surface area (Å²) in [5, 5.41) is 18.5. The molecule has 17 heavy (non-hydrogen) atoms. The Morgan fingerprint density at radius 3 is 2.71 bits per heavy atom. The zero-order valence-corrected chi connectivity index (χ0v) is 10.0. The van der Waals surface area contributed by atoms with Crippen molar-refractivity contribution in [1.82, 2.24) is 4.98 Å². The first-order valence-corrected chi connectivity index (χ1v) is 6.29. The molecule has 1 aromatic heterocycles. The highest BCUT2D eigenvalue weighted by molar-refractivity contribution is 5.47. The van der Waals surface area contributed by atoms with Gasteiger partial charge in [-0.1, -0.05) is 18.9 Å². The summed E-state index contributed by atoms with van der Waals surface area (Å²) in [4.78, 5) is 6.52. The predicted octanol–water partition coefficient (Wildman–Crippen LogP) is 1.32. The van der Waals surface area contributed by atoms with Gasteiger partial charge in [0.05, 0.1) is 13.2 Å². The van der Waals surface area contributed by atoms with Crippen LogP contribution in [0.15, 0.2) is 18.3 Å². The normalized spacial score (nSPS) is 16.4. The zero-order chi connectivity index (χ0) is 12.1. The highest BCUT2D eigenvalue weighted by Crippen LogP contribution is 2.28. The van der Waals surface area contributed by atoms with Crippen molar-refractivity contribution in [2.24, 2.45) is 0 Å². The van der Waals surface area contributed by atoms with Gasteiger partial charge in [-0.15, -0.1) is 0 Å². The summed E-state index contributed by atoms with van der Waals surface area (Å²) in [6, 6.07) is 4.19. The number of aliphatic hydroxyl groups is 2. The van der Waals surface area contributed by atoms with E-state index in [2.05, 4.69) is 9.88 Å². The van der Waals surface area contributed by atoms with E-state index in [-0.39, 0.29) is 13.2 Å². The van der Waals surface area contributed by atoms with Crippen molar-refractivity contribution in [1.29, 1.82) is 0 Å². The summed E-state index contributed by atoms with van der Waals surface area (Å²) in [6.07, 6.45) is 6.54. The van der Waals surface area contributed by atoms with Crippen LogP contribution in [-0.4, -0.2) is 34.4 Å². The summed E-state index contributed by atoms with van der Waals surface area (Å²) in [5.41, 5.74) is 0.841. The van der Waals surface area contributed by atoms with Crippen LogP contribution in [-0.2, 0) is 6.61 Å². The maximum atomic E-state index is 9.35. The van der Waals surface area contributed by atoms with E-state index in [9.17, 15) is 10.2 Å². The summed E-state index contributed by atoms with van der Waals surface area (Å²) in [5.74, 6) is 0.830. The second-order valence-electron chi connectivity index (χ2n) is 4.50. The molecular formula is C13H20N2O2. The molecule has 0 amide bonds. The number of aromatic nitrogens is 1. The monoisotopic (exact) mass is 236 g/mol. The van der Waals surface area contributed by atoms with Crippen molar-refractivity contribution < 1.29 is 10.2 Å². The number of hydrogen-bond acceptors (Lipinski definition) is 4. The van der Waals surface area contributed by atoms with E-state index < -0.39 is 0 Å². The van der Waals surface area contributed by atoms with Gasteiger partial charge in [0.15, 0.2) is 0 Å². The van der Waals surface area contributed by atoms with Gasteiger partial charge in [0.2, 0.25) is 0 Å². The second kappa shape index (κ2) is 5.98. The Morgan fingerprint density at radius 1 is 1.29 bits per heavy atom. The van der Waals surface area contributed by atoms with E-state index >= 15 is 0 Å². The van der Waals surface area contributed by atoms with E-state index in [1.807, 2.05) is 12.1 Å². The van der Waals surface area contributed by atoms with Crippen LogP contribution in [0.3, 0.4) is 0 Å². The molecular weight excluding hydrogens is 216 g/mol. The van der Waals surface area contributed by atoms with Crippen LogP contribution < -0.4 is 4.90 Å². The number of rotatable bonds is 5. The van der Waals surface area contributed by atoms with Crippen molar-refractivity contribution in [3.8, 4) is 0 Å². The van der Waals surface area contributed by atoms with Crippen molar-refractivity contribution in [3.63, 3.8) is 0 Å². The lowest BCUT2D eigenvalue weighted by Crippen LogP contribution is -2.37. The van der Waals surface area contributed by atoms with E-state index in [0.717, 1.165) is 24.2 Å². The van der Waals surface area contributed by atoms with Gasteiger partial charge in [0.25, 0.3) is 0 Å². The summed E-state index contributed by atoms with van der Waals surface area (Å²) >= 11 is 0. The van der Waals surface area contributed by atoms with E-state index in [1.54, 1.807) is 6.20 Å². The van der Waals surface area contributed by atoms with Crippen molar-refractivity contribution in [3.05, 3.63) is 23.9 Å². The van der Waals surface area contributed by atoms with Gasteiger partial charge < -0.3 is 15.1 Å². The molecule has 1 aliphatic rings. The van der Waals surface area contributed by atoms with Crippen LogP contribution in [0.4, 0.5) is 5.82 Å². The van der Waals surface area contributed by atoms with Crippen molar-refractivity contribution in [2.75, 3.05) is 18.1 Å². The molecule has 0 aliphatic heterocycles. The molecule has 94 valence electrons. The first kappa shape index (κ1) is 12.3. The molecule has 0 spiro atoms. The van der Waals surface area contributed by atoms with Crippen LogP contribution in [0, 0.1) is 0 Å². The van der Waals surface area contributed by atoms with Gasteiger partial charge in [-0.25, -0.2) is 4.98 Å². The number of pyridine rings is 1. The van der Waals surface area contributed by atoms with Gasteiger partial charge in [-0.2, -0.15) is 0 Å². The van der Waals surface area contributed by atoms with Crippen LogP contribution in [0.1, 0.15) is 31.2 Å². The molecule has 1 aromatic rings. The number of anilines is 1. The zero-order valence-electron chi connectivity index (χ0n) is 10.0. The van der Waals surface area contributed by atoms with Gasteiger partial charge >= 0.3 is 0 Å². The molecule has 1 saturated carbocycles. The van der Waals surface area contributed by atoms with Crippen molar-refractivity contribution in [2.45, 2.75) is 38.3 Å². The molecule has 1 heterocycles. The predicted molar refractivity (Wildman–Crippen MR) is 66.8 cm³/mol. The largest absolute Gasteiger partial charge is 0.395 e. The smallest absolute Gasteiger partial charge is 0.134 e. The average Bonchev–Trinajstić information content (AvgIpc) is 2.89. The Labute approximate surface area is 102 Å². The maximum absolute atomic E-state index is 9.35. The number of hydrogen-bond donors (Lipinski definition) is 2. The SMILES string of the molecule is OCCN(c1ncccc1CO)C1CCCC1. The van der Waals surface area contributed by atoms with Crippen LogP contribution in [0.2, 0.25) is 0 Å². The molecule has 2 rings (SSSR count). The summed E-state index contributed by atoms with van der Waals surface area (Å²) < 4.78 is 0. The molecule has 0 bridgehead atoms. The summed E-state index contributed by atoms with van der Waals surface area (Å²) in [7, 11) is 0. The Hall–Kier alpha value is -1.13. The molecule has 0 unspecified atom stereocenters. The Balaban J connectivity index is 2.24. The minimum Gasteiger partial charge on any atom is -0.395 e. The minimum absolute atomic E-state index is 0.00216. The van der Waals surface area contributed by atoms with E-state index in [4.69, 9.17) is 0 Å². The molecule has 0 atom stereocenters. The first-order chi connectivity index (χ1) is 8.36. The molecule has 0 aromatic carbocycles. The topological polar surface area (TPSA) is 56.6 Å². The lowest BCUT2D eigenvalue weighted by molar-refractivity contribution is 0.279. The van der Waals surface area contributed by atoms with Crippen LogP contribution in [0.5, 0.6) is 0 Å². The molecule has 1 aliphatic carbocycles. The van der Waals surface area contributed by atoms with Crippen molar-refractivity contribution >= 4 is 5.82 Å². The average molecular weight is 236 g/mol. The van der Waals surface area contributed by atoms with E-state index in [0.29, 0.717) is 12.6 Å². The minimum atomic E-state index is -0.00216. The maximum Gasteiger partial charge on any atom is 0.134 e. The third-order valence-corrected chi connectivity index (χ3v) is 3.42. The molecule has 0 radical (unpaired) electrons. The quantitative estimate of drug-likeness (QED) is 0.809. The van der Waals surface area contributed by atoms with Gasteiger partial charge in [-0.3, -0.25) is 0 Å². The van der Waals surface area contributed by atoms with Crippen LogP contribution >= 0.6 is 0 Å². The molecule has 0 saturated heterocycles. The Bertz CT molecular complexity index is 351. The van der Waals surface area contributed by atoms with Gasteiger partial charge in [0.1, 0.15) is 5.82 Å². The highest BCUT2D eigenvalue weighted by Gasteiger charge is 2.24. The second-order valence-corrected chi connectivity index (χ2v) is 4.50. The lowest BCUT2D eigenvalue weighted by Gasteiger charge is -2.30. The first-order valence-electron chi connectivity index (χ1n) is 6.29.